The first-order valence-electron chi connectivity index (χ1n) is 10.8. The molecule has 194 valence electrons. The maximum absolute atomic E-state index is 14.0. The second-order valence-corrected chi connectivity index (χ2v) is 7.49. The lowest BCUT2D eigenvalue weighted by atomic mass is 10.0. The van der Waals surface area contributed by atoms with Crippen molar-refractivity contribution in [2.45, 2.75) is 25.6 Å². The third-order valence-corrected chi connectivity index (χ3v) is 4.83. The number of rotatable bonds is 12. The van der Waals surface area contributed by atoms with Crippen LogP contribution in [-0.4, -0.2) is 48.7 Å². The van der Waals surface area contributed by atoms with Gasteiger partial charge in [0.25, 0.3) is 5.91 Å². The number of halogens is 2. The average molecular weight is 507 g/mol. The van der Waals surface area contributed by atoms with Crippen molar-refractivity contribution in [2.75, 3.05) is 25.6 Å². The van der Waals surface area contributed by atoms with E-state index in [0.29, 0.717) is 23.0 Å². The van der Waals surface area contributed by atoms with Crippen LogP contribution < -0.4 is 15.5 Å². The lowest BCUT2D eigenvalue weighted by Crippen LogP contribution is -2.28. The minimum atomic E-state index is -0.993. The van der Waals surface area contributed by atoms with Gasteiger partial charge in [0.2, 0.25) is 0 Å². The number of carbonyl (C=O) groups is 2. The summed E-state index contributed by atoms with van der Waals surface area (Å²) < 4.78 is 43.6. The van der Waals surface area contributed by atoms with E-state index in [1.54, 1.807) is 43.3 Å². The number of hydroxylamine groups is 1. The first kappa shape index (κ1) is 28.4. The fourth-order valence-corrected chi connectivity index (χ4v) is 3.14. The molecule has 0 aliphatic heterocycles. The summed E-state index contributed by atoms with van der Waals surface area (Å²) in [4.78, 5) is 23.8. The summed E-state index contributed by atoms with van der Waals surface area (Å²) >= 11 is 0. The Hall–Kier alpha value is -3.80. The van der Waals surface area contributed by atoms with Crippen LogP contribution >= 0.6 is 0 Å². The largest absolute Gasteiger partial charge is 0.491 e. The fourth-order valence-electron chi connectivity index (χ4n) is 3.14. The molecule has 0 fully saturated rings. The molecule has 0 spiro atoms. The normalized spacial score (nSPS) is 13.2. The van der Waals surface area contributed by atoms with Gasteiger partial charge in [-0.25, -0.2) is 19.1 Å². The summed E-state index contributed by atoms with van der Waals surface area (Å²) in [5.74, 6) is -1.95. The first-order valence-corrected chi connectivity index (χ1v) is 10.8. The number of hydrogen-bond donors (Lipinski definition) is 4. The third-order valence-electron chi connectivity index (χ3n) is 4.83. The van der Waals surface area contributed by atoms with E-state index in [-0.39, 0.29) is 25.3 Å². The fraction of sp³-hybridized carbons (Fsp3) is 0.280. The van der Waals surface area contributed by atoms with Crippen molar-refractivity contribution in [3.8, 4) is 5.75 Å². The van der Waals surface area contributed by atoms with Crippen molar-refractivity contribution >= 4 is 17.7 Å². The third kappa shape index (κ3) is 9.10. The van der Waals surface area contributed by atoms with Gasteiger partial charge < -0.3 is 19.3 Å². The number of amides is 2. The quantitative estimate of drug-likeness (QED) is 0.148. The van der Waals surface area contributed by atoms with Gasteiger partial charge in [-0.2, -0.15) is 0 Å². The Morgan fingerprint density at radius 3 is 2.47 bits per heavy atom. The van der Waals surface area contributed by atoms with Crippen LogP contribution in [0.1, 0.15) is 25.0 Å². The van der Waals surface area contributed by atoms with Gasteiger partial charge in [-0.1, -0.05) is 24.3 Å². The highest BCUT2D eigenvalue weighted by molar-refractivity contribution is 5.87. The van der Waals surface area contributed by atoms with E-state index >= 15 is 0 Å². The summed E-state index contributed by atoms with van der Waals surface area (Å²) in [6.45, 7) is 1.61. The van der Waals surface area contributed by atoms with Gasteiger partial charge in [-0.3, -0.25) is 15.3 Å². The minimum absolute atomic E-state index is 0.109. The molecule has 2 atom stereocenters. The van der Waals surface area contributed by atoms with Crippen molar-refractivity contribution in [3.05, 3.63) is 83.5 Å². The van der Waals surface area contributed by atoms with Crippen molar-refractivity contribution in [1.82, 2.24) is 5.48 Å². The highest BCUT2D eigenvalue weighted by atomic mass is 19.1. The molecule has 2 amide bonds. The van der Waals surface area contributed by atoms with Crippen LogP contribution in [0.15, 0.2) is 66.3 Å². The number of hydrogen-bond acceptors (Lipinski definition) is 7. The van der Waals surface area contributed by atoms with Crippen LogP contribution in [0.25, 0.3) is 0 Å². The van der Waals surface area contributed by atoms with E-state index in [0.717, 1.165) is 12.1 Å². The molecule has 2 rings (SSSR count). The predicted octanol–water partition coefficient (Wildman–Crippen LogP) is 4.04. The molecule has 0 heterocycles. The van der Waals surface area contributed by atoms with Crippen molar-refractivity contribution < 1.29 is 42.9 Å². The molecule has 36 heavy (non-hydrogen) atoms. The van der Waals surface area contributed by atoms with E-state index in [4.69, 9.17) is 24.5 Å². The molecule has 2 aromatic carbocycles. The summed E-state index contributed by atoms with van der Waals surface area (Å²) in [7, 11) is 1.42. The SMILES string of the molecule is CO[C@@H](C/C=C/C(C)=C/C(=O)NO)[C@@H](OC(=O)Nc1ccc(F)cc1F)c1ccc(OCCO)cc1. The number of anilines is 1. The molecule has 4 N–H and O–H groups in total. The predicted molar refractivity (Wildman–Crippen MR) is 126 cm³/mol. The lowest BCUT2D eigenvalue weighted by Gasteiger charge is -2.26. The molecule has 0 radical (unpaired) electrons. The second kappa shape index (κ2) is 14.6. The van der Waals surface area contributed by atoms with Crippen LogP contribution in [-0.2, 0) is 14.3 Å². The van der Waals surface area contributed by atoms with Gasteiger partial charge >= 0.3 is 6.09 Å². The summed E-state index contributed by atoms with van der Waals surface area (Å²) in [6.07, 6.45) is 2.09. The van der Waals surface area contributed by atoms with Gasteiger partial charge in [0.1, 0.15) is 30.1 Å². The molecule has 9 nitrogen and oxygen atoms in total. The standard InChI is InChI=1S/C25H28F2N2O7/c1-16(14-23(31)29-33)4-3-5-22(34-2)24(17-6-9-19(10-7-17)35-13-12-30)36-25(32)28-21-11-8-18(26)15-20(21)27/h3-4,6-11,14-15,22,24,30,33H,5,12-13H2,1-2H3,(H,28,32)(H,29,31)/b4-3+,16-14+/t22-,24-/m0/s1. The molecule has 0 saturated heterocycles. The molecule has 11 heteroatoms. The first-order chi connectivity index (χ1) is 17.3. The smallest absolute Gasteiger partial charge is 0.412 e. The van der Waals surface area contributed by atoms with Gasteiger partial charge in [-0.15, -0.1) is 0 Å². The van der Waals surface area contributed by atoms with Gasteiger partial charge in [0, 0.05) is 19.3 Å². The Morgan fingerprint density at radius 1 is 1.14 bits per heavy atom. The Bertz CT molecular complexity index is 1070. The van der Waals surface area contributed by atoms with E-state index in [2.05, 4.69) is 5.32 Å². The second-order valence-electron chi connectivity index (χ2n) is 7.49. The lowest BCUT2D eigenvalue weighted by molar-refractivity contribution is -0.124. The Kier molecular flexibility index (Phi) is 11.5. The summed E-state index contributed by atoms with van der Waals surface area (Å²) in [5.41, 5.74) is 2.32. The maximum Gasteiger partial charge on any atom is 0.412 e. The summed E-state index contributed by atoms with van der Waals surface area (Å²) in [6, 6.07) is 9.25. The van der Waals surface area contributed by atoms with E-state index in [9.17, 15) is 18.4 Å². The number of methoxy groups -OCH3 is 1. The van der Waals surface area contributed by atoms with E-state index in [1.807, 2.05) is 0 Å². The van der Waals surface area contributed by atoms with Crippen LogP contribution in [0.2, 0.25) is 0 Å². The highest BCUT2D eigenvalue weighted by Crippen LogP contribution is 2.29. The topological polar surface area (TPSA) is 126 Å². The average Bonchev–Trinajstić information content (AvgIpc) is 2.86. The number of ether oxygens (including phenoxy) is 3. The number of aliphatic hydroxyl groups excluding tert-OH is 1. The van der Waals surface area contributed by atoms with Crippen molar-refractivity contribution in [2.24, 2.45) is 0 Å². The van der Waals surface area contributed by atoms with Crippen LogP contribution in [0.4, 0.5) is 19.3 Å². The van der Waals surface area contributed by atoms with Gasteiger partial charge in [0.05, 0.1) is 12.3 Å². The Balaban J connectivity index is 2.24. The molecule has 0 aliphatic carbocycles. The summed E-state index contributed by atoms with van der Waals surface area (Å²) in [5, 5.41) is 19.8. The van der Waals surface area contributed by atoms with Gasteiger partial charge in [0.15, 0.2) is 6.10 Å². The monoisotopic (exact) mass is 506 g/mol. The number of aliphatic hydroxyl groups is 1. The van der Waals surface area contributed by atoms with E-state index < -0.39 is 35.8 Å². The molecule has 0 aromatic heterocycles. The highest BCUT2D eigenvalue weighted by Gasteiger charge is 2.27. The Morgan fingerprint density at radius 2 is 1.86 bits per heavy atom. The molecular formula is C25H28F2N2O7. The van der Waals surface area contributed by atoms with Crippen molar-refractivity contribution in [3.63, 3.8) is 0 Å². The van der Waals surface area contributed by atoms with Crippen molar-refractivity contribution in [1.29, 1.82) is 0 Å². The van der Waals surface area contributed by atoms with E-state index in [1.165, 1.54) is 18.7 Å². The number of nitrogens with one attached hydrogen (secondary N) is 2. The van der Waals surface area contributed by atoms with Gasteiger partial charge in [-0.05, 0) is 48.7 Å². The van der Waals surface area contributed by atoms with Crippen LogP contribution in [0.5, 0.6) is 5.75 Å². The molecular weight excluding hydrogens is 478 g/mol. The number of carbonyl (C=O) groups excluding carboxylic acids is 2. The Labute approximate surface area is 206 Å². The van der Waals surface area contributed by atoms with Crippen LogP contribution in [0, 0.1) is 11.6 Å². The number of benzene rings is 2. The van der Waals surface area contributed by atoms with Crippen LogP contribution in [0.3, 0.4) is 0 Å². The zero-order chi connectivity index (χ0) is 26.5. The molecule has 0 saturated carbocycles. The zero-order valence-corrected chi connectivity index (χ0v) is 19.7. The zero-order valence-electron chi connectivity index (χ0n) is 19.7. The maximum atomic E-state index is 14.0. The molecule has 0 aliphatic rings. The molecule has 0 bridgehead atoms. The molecule has 0 unspecified atom stereocenters. The number of allylic oxidation sites excluding steroid dienone is 2. The minimum Gasteiger partial charge on any atom is -0.491 e. The molecule has 2 aromatic rings.